The molecule has 2 aromatic heterocycles. The number of benzene rings is 3. The lowest BCUT2D eigenvalue weighted by Gasteiger charge is -2.16. The molecule has 0 aliphatic heterocycles. The van der Waals surface area contributed by atoms with E-state index in [0.717, 1.165) is 18.4 Å². The summed E-state index contributed by atoms with van der Waals surface area (Å²) in [7, 11) is 1.23. The van der Waals surface area contributed by atoms with Gasteiger partial charge in [-0.3, -0.25) is 14.4 Å². The summed E-state index contributed by atoms with van der Waals surface area (Å²) >= 11 is 0. The van der Waals surface area contributed by atoms with E-state index in [4.69, 9.17) is 0 Å². The number of hydrogen-bond donors (Lipinski definition) is 2. The molecule has 1 atom stereocenters. The molecule has 2 heterocycles. The fraction of sp³-hybridized carbons (Fsp3) is 0.235. The molecule has 0 aliphatic rings. The Bertz CT molecular complexity index is 1960. The Morgan fingerprint density at radius 3 is 2.38 bits per heavy atom. The first-order valence-electron chi connectivity index (χ1n) is 14.7. The van der Waals surface area contributed by atoms with Gasteiger partial charge in [0.1, 0.15) is 11.6 Å². The number of nitrogens with zero attached hydrogens (tertiary/aromatic N) is 3. The second-order valence-corrected chi connectivity index (χ2v) is 10.7. The third-order valence-electron chi connectivity index (χ3n) is 7.52. The van der Waals surface area contributed by atoms with Gasteiger partial charge in [-0.15, -0.1) is 0 Å². The minimum absolute atomic E-state index is 0.0424. The van der Waals surface area contributed by atoms with Crippen LogP contribution in [0.3, 0.4) is 0 Å². The number of H-pyrrole nitrogens is 1. The first kappa shape index (κ1) is 32.7. The van der Waals surface area contributed by atoms with Gasteiger partial charge in [0, 0.05) is 12.0 Å². The van der Waals surface area contributed by atoms with Crippen LogP contribution in [-0.2, 0) is 22.4 Å². The van der Waals surface area contributed by atoms with Crippen molar-refractivity contribution in [2.24, 2.45) is 0 Å². The standard InChI is InChI=1S/C34H31F2N5O6/c1-20(42)26(10-6-9-21-7-4-3-5-8-21)41-19-37-29-30(41)39-28(40-32(29)44)18-22-11-16-27(47-34(35)36)25(17-22)38-31(43)23-12-14-24(15-13-23)33(45)46-2/h3-5,7-8,11-17,19,26,34H,6,9-10,18H2,1-2H3,(H,38,43)(H,39,40,44). The number of alkyl halides is 2. The van der Waals surface area contributed by atoms with Gasteiger partial charge in [0.25, 0.3) is 11.5 Å². The van der Waals surface area contributed by atoms with Gasteiger partial charge in [-0.1, -0.05) is 36.4 Å². The third kappa shape index (κ3) is 7.93. The van der Waals surface area contributed by atoms with Crippen LogP contribution < -0.4 is 15.6 Å². The number of ketones is 1. The number of halogens is 2. The Labute approximate surface area is 267 Å². The van der Waals surface area contributed by atoms with E-state index in [1.54, 1.807) is 4.57 Å². The SMILES string of the molecule is COC(=O)c1ccc(C(=O)Nc2cc(Cc3nc4c(ncn4C(CCCc4ccccc4)C(C)=O)c(=O)[nH]3)ccc2OC(F)F)cc1. The van der Waals surface area contributed by atoms with Gasteiger partial charge in [0.15, 0.2) is 16.9 Å². The summed E-state index contributed by atoms with van der Waals surface area (Å²) in [5.74, 6) is -1.37. The molecule has 242 valence electrons. The molecule has 11 nitrogen and oxygen atoms in total. The second kappa shape index (κ2) is 14.6. The van der Waals surface area contributed by atoms with Gasteiger partial charge in [0.2, 0.25) is 0 Å². The predicted molar refractivity (Wildman–Crippen MR) is 169 cm³/mol. The van der Waals surface area contributed by atoms with Gasteiger partial charge in [-0.2, -0.15) is 8.78 Å². The summed E-state index contributed by atoms with van der Waals surface area (Å²) in [5, 5.41) is 2.57. The van der Waals surface area contributed by atoms with E-state index in [-0.39, 0.29) is 51.8 Å². The quantitative estimate of drug-likeness (QED) is 0.160. The molecule has 5 rings (SSSR count). The summed E-state index contributed by atoms with van der Waals surface area (Å²) < 4.78 is 37.3. The van der Waals surface area contributed by atoms with Crippen LogP contribution in [-0.4, -0.2) is 50.9 Å². The van der Waals surface area contributed by atoms with Crippen molar-refractivity contribution in [3.05, 3.63) is 118 Å². The third-order valence-corrected chi connectivity index (χ3v) is 7.52. The molecule has 3 aromatic carbocycles. The van der Waals surface area contributed by atoms with E-state index < -0.39 is 30.1 Å². The van der Waals surface area contributed by atoms with Crippen LogP contribution in [0.2, 0.25) is 0 Å². The highest BCUT2D eigenvalue weighted by Gasteiger charge is 2.22. The van der Waals surface area contributed by atoms with E-state index in [2.05, 4.69) is 29.7 Å². The number of hydrogen-bond acceptors (Lipinski definition) is 8. The van der Waals surface area contributed by atoms with Crippen molar-refractivity contribution in [2.45, 2.75) is 45.3 Å². The lowest BCUT2D eigenvalue weighted by Crippen LogP contribution is -2.19. The molecule has 0 fully saturated rings. The molecule has 13 heteroatoms. The number of rotatable bonds is 13. The van der Waals surface area contributed by atoms with Crippen LogP contribution in [0.1, 0.15) is 63.5 Å². The molecule has 0 saturated carbocycles. The molecule has 1 unspecified atom stereocenters. The Hall–Kier alpha value is -5.72. The van der Waals surface area contributed by atoms with Crippen molar-refractivity contribution in [1.29, 1.82) is 0 Å². The summed E-state index contributed by atoms with van der Waals surface area (Å²) in [6.07, 6.45) is 3.49. The van der Waals surface area contributed by atoms with Crippen LogP contribution in [0.15, 0.2) is 83.9 Å². The zero-order chi connectivity index (χ0) is 33.5. The maximum atomic E-state index is 13.2. The Balaban J connectivity index is 1.39. The molecule has 47 heavy (non-hydrogen) atoms. The minimum atomic E-state index is -3.15. The predicted octanol–water partition coefficient (Wildman–Crippen LogP) is 5.50. The van der Waals surface area contributed by atoms with Crippen LogP contribution in [0.25, 0.3) is 11.2 Å². The Morgan fingerprint density at radius 1 is 0.979 bits per heavy atom. The minimum Gasteiger partial charge on any atom is -0.465 e. The number of carbonyl (C=O) groups excluding carboxylic acids is 3. The lowest BCUT2D eigenvalue weighted by molar-refractivity contribution is -0.120. The van der Waals surface area contributed by atoms with Gasteiger partial charge in [-0.05, 0) is 73.7 Å². The topological polar surface area (TPSA) is 145 Å². The smallest absolute Gasteiger partial charge is 0.387 e. The van der Waals surface area contributed by atoms with Crippen molar-refractivity contribution in [1.82, 2.24) is 19.5 Å². The van der Waals surface area contributed by atoms with Crippen molar-refractivity contribution in [3.8, 4) is 5.75 Å². The number of fused-ring (bicyclic) bond motifs is 1. The average molecular weight is 644 g/mol. The van der Waals surface area contributed by atoms with Crippen LogP contribution in [0.4, 0.5) is 14.5 Å². The van der Waals surface area contributed by atoms with Crippen molar-refractivity contribution >= 4 is 34.5 Å². The summed E-state index contributed by atoms with van der Waals surface area (Å²) in [6.45, 7) is -1.67. The average Bonchev–Trinajstić information content (AvgIpc) is 3.48. The van der Waals surface area contributed by atoms with Gasteiger partial charge < -0.3 is 24.3 Å². The molecule has 2 N–H and O–H groups in total. The zero-order valence-corrected chi connectivity index (χ0v) is 25.5. The highest BCUT2D eigenvalue weighted by atomic mass is 19.3. The molecule has 1 amide bonds. The number of aromatic amines is 1. The van der Waals surface area contributed by atoms with Gasteiger partial charge >= 0.3 is 12.6 Å². The fourth-order valence-electron chi connectivity index (χ4n) is 5.21. The van der Waals surface area contributed by atoms with Crippen LogP contribution in [0, 0.1) is 0 Å². The Kier molecular flexibility index (Phi) is 10.1. The zero-order valence-electron chi connectivity index (χ0n) is 25.5. The second-order valence-electron chi connectivity index (χ2n) is 10.7. The van der Waals surface area contributed by atoms with E-state index >= 15 is 0 Å². The molecule has 0 bridgehead atoms. The number of ether oxygens (including phenoxy) is 2. The number of anilines is 1. The first-order valence-corrected chi connectivity index (χ1v) is 14.7. The maximum Gasteiger partial charge on any atom is 0.387 e. The largest absolute Gasteiger partial charge is 0.465 e. The summed E-state index contributed by atoms with van der Waals surface area (Å²) in [5.41, 5.74) is 1.81. The number of carbonyl (C=O) groups is 3. The highest BCUT2D eigenvalue weighted by molar-refractivity contribution is 6.05. The van der Waals surface area contributed by atoms with E-state index in [1.807, 2.05) is 30.3 Å². The number of esters is 1. The van der Waals surface area contributed by atoms with E-state index in [1.165, 1.54) is 62.8 Å². The molecular formula is C34H31F2N5O6. The number of Topliss-reactive ketones (excluding diaryl/α,β-unsaturated/α-hetero) is 1. The molecule has 0 radical (unpaired) electrons. The van der Waals surface area contributed by atoms with Crippen molar-refractivity contribution in [3.63, 3.8) is 0 Å². The van der Waals surface area contributed by atoms with E-state index in [9.17, 15) is 28.0 Å². The Morgan fingerprint density at radius 2 is 1.70 bits per heavy atom. The monoisotopic (exact) mass is 643 g/mol. The van der Waals surface area contributed by atoms with Gasteiger partial charge in [-0.25, -0.2) is 14.8 Å². The number of nitrogens with one attached hydrogen (secondary N) is 2. The van der Waals surface area contributed by atoms with Gasteiger partial charge in [0.05, 0.1) is 30.7 Å². The normalized spacial score (nSPS) is 11.8. The molecular weight excluding hydrogens is 612 g/mol. The van der Waals surface area contributed by atoms with Crippen LogP contribution in [0.5, 0.6) is 5.75 Å². The maximum absolute atomic E-state index is 13.2. The molecule has 5 aromatic rings. The lowest BCUT2D eigenvalue weighted by atomic mass is 10.0. The number of imidazole rings is 1. The molecule has 0 saturated heterocycles. The summed E-state index contributed by atoms with van der Waals surface area (Å²) in [4.78, 5) is 61.9. The highest BCUT2D eigenvalue weighted by Crippen LogP contribution is 2.29. The summed E-state index contributed by atoms with van der Waals surface area (Å²) in [6, 6.07) is 19.1. The van der Waals surface area contributed by atoms with E-state index in [0.29, 0.717) is 12.0 Å². The number of methoxy groups -OCH3 is 1. The van der Waals surface area contributed by atoms with Crippen molar-refractivity contribution < 1.29 is 32.6 Å². The van der Waals surface area contributed by atoms with Crippen LogP contribution >= 0.6 is 0 Å². The number of aryl methyl sites for hydroxylation is 1. The molecule has 0 spiro atoms. The number of amides is 1. The fourth-order valence-corrected chi connectivity index (χ4v) is 5.21. The first-order chi connectivity index (χ1) is 22.6. The molecule has 0 aliphatic carbocycles. The van der Waals surface area contributed by atoms with Crippen molar-refractivity contribution in [2.75, 3.05) is 12.4 Å². The number of aromatic nitrogens is 4.